The van der Waals surface area contributed by atoms with Crippen LogP contribution in [0.4, 0.5) is 17.1 Å². The van der Waals surface area contributed by atoms with Crippen molar-refractivity contribution in [2.45, 2.75) is 0 Å². The molecule has 0 spiro atoms. The summed E-state index contributed by atoms with van der Waals surface area (Å²) in [5.74, 6) is 0. The Morgan fingerprint density at radius 1 is 0.365 bits per heavy atom. The Kier molecular flexibility index (Phi) is 7.10. The van der Waals surface area contributed by atoms with E-state index in [4.69, 9.17) is 14.4 Å². The van der Waals surface area contributed by atoms with Crippen LogP contribution in [-0.4, -0.2) is 9.97 Å². The van der Waals surface area contributed by atoms with E-state index in [-0.39, 0.29) is 0 Å². The van der Waals surface area contributed by atoms with Crippen LogP contribution in [0.1, 0.15) is 0 Å². The molecule has 10 rings (SSSR count). The van der Waals surface area contributed by atoms with Gasteiger partial charge in [-0.15, -0.1) is 0 Å². The van der Waals surface area contributed by atoms with Gasteiger partial charge in [0.25, 0.3) is 0 Å². The lowest BCUT2D eigenvalue weighted by atomic mass is 9.99. The SMILES string of the molecule is c1ccc(-c2nc3ccc4cc(-c5ccc(N(c6ccccc6)c6ccc7c(c6)oc6ccccc67)cc5)ccc4c3nc2-c2ccccc2)cc1. The summed E-state index contributed by atoms with van der Waals surface area (Å²) in [6.07, 6.45) is 0. The van der Waals surface area contributed by atoms with Gasteiger partial charge in [-0.05, 0) is 71.1 Å². The average Bonchev–Trinajstić information content (AvgIpc) is 3.59. The minimum absolute atomic E-state index is 0.872. The zero-order chi connectivity index (χ0) is 34.4. The first-order valence-electron chi connectivity index (χ1n) is 17.5. The van der Waals surface area contributed by atoms with Crippen molar-refractivity contribution in [1.29, 1.82) is 0 Å². The molecule has 0 saturated carbocycles. The third kappa shape index (κ3) is 5.17. The Morgan fingerprint density at radius 3 is 1.69 bits per heavy atom. The van der Waals surface area contributed by atoms with Gasteiger partial charge in [-0.25, -0.2) is 9.97 Å². The van der Waals surface area contributed by atoms with Crippen LogP contribution in [0.25, 0.3) is 77.4 Å². The van der Waals surface area contributed by atoms with E-state index < -0.39 is 0 Å². The number of para-hydroxylation sites is 2. The van der Waals surface area contributed by atoms with Crippen LogP contribution in [-0.2, 0) is 0 Å². The smallest absolute Gasteiger partial charge is 0.137 e. The molecule has 244 valence electrons. The van der Waals surface area contributed by atoms with Crippen molar-refractivity contribution in [1.82, 2.24) is 9.97 Å². The summed E-state index contributed by atoms with van der Waals surface area (Å²) in [4.78, 5) is 12.8. The van der Waals surface area contributed by atoms with Gasteiger partial charge in [0.2, 0.25) is 0 Å². The van der Waals surface area contributed by atoms with Crippen molar-refractivity contribution in [3.63, 3.8) is 0 Å². The molecular weight excluding hydrogens is 635 g/mol. The number of hydrogen-bond donors (Lipinski definition) is 0. The molecule has 0 atom stereocenters. The van der Waals surface area contributed by atoms with Crippen molar-refractivity contribution in [3.05, 3.63) is 188 Å². The van der Waals surface area contributed by atoms with Gasteiger partial charge in [0, 0.05) is 50.4 Å². The average molecular weight is 666 g/mol. The summed E-state index contributed by atoms with van der Waals surface area (Å²) in [5.41, 5.74) is 12.9. The molecule has 2 aromatic heterocycles. The number of benzene rings is 8. The highest BCUT2D eigenvalue weighted by atomic mass is 16.3. The van der Waals surface area contributed by atoms with Crippen LogP contribution in [0.3, 0.4) is 0 Å². The fourth-order valence-electron chi connectivity index (χ4n) is 7.30. The van der Waals surface area contributed by atoms with E-state index in [1.54, 1.807) is 0 Å². The van der Waals surface area contributed by atoms with E-state index in [1.807, 2.05) is 42.5 Å². The molecule has 0 unspecified atom stereocenters. The summed E-state index contributed by atoms with van der Waals surface area (Å²) in [7, 11) is 0. The van der Waals surface area contributed by atoms with Gasteiger partial charge in [0.15, 0.2) is 0 Å². The maximum Gasteiger partial charge on any atom is 0.137 e. The highest BCUT2D eigenvalue weighted by molar-refractivity contribution is 6.07. The second kappa shape index (κ2) is 12.4. The van der Waals surface area contributed by atoms with Gasteiger partial charge in [-0.2, -0.15) is 0 Å². The molecular formula is C48H31N3O. The lowest BCUT2D eigenvalue weighted by Gasteiger charge is -2.25. The van der Waals surface area contributed by atoms with Crippen molar-refractivity contribution in [2.24, 2.45) is 0 Å². The van der Waals surface area contributed by atoms with Crippen molar-refractivity contribution >= 4 is 60.8 Å². The fraction of sp³-hybridized carbons (Fsp3) is 0. The number of anilines is 3. The number of aromatic nitrogens is 2. The molecule has 0 saturated heterocycles. The van der Waals surface area contributed by atoms with Gasteiger partial charge in [0.05, 0.1) is 22.4 Å². The Bertz CT molecular complexity index is 2880. The second-order valence-corrected chi connectivity index (χ2v) is 13.0. The van der Waals surface area contributed by atoms with Gasteiger partial charge >= 0.3 is 0 Å². The van der Waals surface area contributed by atoms with E-state index in [0.717, 1.165) is 94.4 Å². The molecule has 0 fully saturated rings. The van der Waals surface area contributed by atoms with Crippen molar-refractivity contribution in [3.8, 4) is 33.6 Å². The Balaban J connectivity index is 1.04. The van der Waals surface area contributed by atoms with Gasteiger partial charge in [-0.3, -0.25) is 0 Å². The van der Waals surface area contributed by atoms with E-state index >= 15 is 0 Å². The Hall–Kier alpha value is -7.04. The molecule has 52 heavy (non-hydrogen) atoms. The first kappa shape index (κ1) is 29.8. The molecule has 0 aliphatic carbocycles. The van der Waals surface area contributed by atoms with Crippen LogP contribution in [0.5, 0.6) is 0 Å². The van der Waals surface area contributed by atoms with Crippen LogP contribution >= 0.6 is 0 Å². The van der Waals surface area contributed by atoms with E-state index in [2.05, 4.69) is 150 Å². The first-order chi connectivity index (χ1) is 25.8. The zero-order valence-corrected chi connectivity index (χ0v) is 28.1. The standard InChI is InChI=1S/C48H31N3O/c1-4-12-33(13-5-1)46-47(34-14-6-2-7-15-34)50-48-40-27-22-35(30-36(40)23-29-43(48)49-46)32-20-24-38(25-21-32)51(37-16-8-3-9-17-37)39-26-28-42-41-18-10-11-19-44(41)52-45(42)31-39/h1-31H. The lowest BCUT2D eigenvalue weighted by Crippen LogP contribution is -2.09. The summed E-state index contributed by atoms with van der Waals surface area (Å²) in [6.45, 7) is 0. The third-order valence-electron chi connectivity index (χ3n) is 9.84. The summed E-state index contributed by atoms with van der Waals surface area (Å²) < 4.78 is 6.27. The largest absolute Gasteiger partial charge is 0.456 e. The van der Waals surface area contributed by atoms with E-state index in [1.165, 1.54) is 0 Å². The molecule has 0 amide bonds. The van der Waals surface area contributed by atoms with Crippen LogP contribution in [0.2, 0.25) is 0 Å². The maximum absolute atomic E-state index is 6.27. The Labute approximate surface area is 300 Å². The van der Waals surface area contributed by atoms with E-state index in [0.29, 0.717) is 0 Å². The summed E-state index contributed by atoms with van der Waals surface area (Å²) >= 11 is 0. The van der Waals surface area contributed by atoms with Gasteiger partial charge < -0.3 is 9.32 Å². The van der Waals surface area contributed by atoms with Gasteiger partial charge in [0.1, 0.15) is 11.2 Å². The molecule has 2 heterocycles. The number of fused-ring (bicyclic) bond motifs is 6. The fourth-order valence-corrected chi connectivity index (χ4v) is 7.30. The quantitative estimate of drug-likeness (QED) is 0.166. The highest BCUT2D eigenvalue weighted by Crippen LogP contribution is 2.40. The van der Waals surface area contributed by atoms with Gasteiger partial charge in [-0.1, -0.05) is 127 Å². The molecule has 0 bridgehead atoms. The Morgan fingerprint density at radius 2 is 0.942 bits per heavy atom. The lowest BCUT2D eigenvalue weighted by molar-refractivity contribution is 0.669. The summed E-state index contributed by atoms with van der Waals surface area (Å²) in [6, 6.07) is 65.5. The van der Waals surface area contributed by atoms with Crippen molar-refractivity contribution < 1.29 is 4.42 Å². The minimum Gasteiger partial charge on any atom is -0.456 e. The predicted octanol–water partition coefficient (Wildman–Crippen LogP) is 13.2. The predicted molar refractivity (Wildman–Crippen MR) is 215 cm³/mol. The van der Waals surface area contributed by atoms with Crippen LogP contribution in [0.15, 0.2) is 192 Å². The molecule has 0 aliphatic rings. The second-order valence-electron chi connectivity index (χ2n) is 13.0. The highest BCUT2D eigenvalue weighted by Gasteiger charge is 2.17. The van der Waals surface area contributed by atoms with Crippen LogP contribution in [0, 0.1) is 0 Å². The monoisotopic (exact) mass is 665 g/mol. The first-order valence-corrected chi connectivity index (χ1v) is 17.5. The van der Waals surface area contributed by atoms with E-state index in [9.17, 15) is 0 Å². The molecule has 0 N–H and O–H groups in total. The third-order valence-corrected chi connectivity index (χ3v) is 9.84. The molecule has 8 aromatic carbocycles. The normalized spacial score (nSPS) is 11.5. The molecule has 10 aromatic rings. The minimum atomic E-state index is 0.872. The number of hydrogen-bond acceptors (Lipinski definition) is 4. The molecule has 4 nitrogen and oxygen atoms in total. The number of rotatable bonds is 6. The summed E-state index contributed by atoms with van der Waals surface area (Å²) in [5, 5.41) is 4.45. The van der Waals surface area contributed by atoms with Crippen molar-refractivity contribution in [2.75, 3.05) is 4.90 Å². The zero-order valence-electron chi connectivity index (χ0n) is 28.1. The molecule has 0 radical (unpaired) electrons. The number of furan rings is 1. The number of nitrogens with zero attached hydrogens (tertiary/aromatic N) is 3. The topological polar surface area (TPSA) is 42.2 Å². The molecule has 0 aliphatic heterocycles. The van der Waals surface area contributed by atoms with Crippen LogP contribution < -0.4 is 4.90 Å². The maximum atomic E-state index is 6.27. The molecule has 4 heteroatoms.